The number of rotatable bonds is 8. The van der Waals surface area contributed by atoms with Gasteiger partial charge in [0, 0.05) is 5.56 Å². The molecule has 0 aromatic heterocycles. The zero-order valence-corrected chi connectivity index (χ0v) is 27.4. The molecule has 6 rings (SSSR count). The molecule has 2 N–H and O–H groups in total. The second-order valence-corrected chi connectivity index (χ2v) is 12.5. The number of carbonyl (C=O) groups is 2. The van der Waals surface area contributed by atoms with Crippen LogP contribution in [0.4, 0.5) is 0 Å². The zero-order valence-electron chi connectivity index (χ0n) is 26.2. The van der Waals surface area contributed by atoms with E-state index in [4.69, 9.17) is 9.31 Å². The summed E-state index contributed by atoms with van der Waals surface area (Å²) >= 11 is 0. The second kappa shape index (κ2) is 14.8. The molecule has 2 bridgehead atoms. The Balaban J connectivity index is 0.00000111. The molecule has 8 heteroatoms. The van der Waals surface area contributed by atoms with Gasteiger partial charge in [-0.1, -0.05) is 91.8 Å². The average Bonchev–Trinajstić information content (AvgIpc) is 3.42. The minimum Gasteiger partial charge on any atom is -0.404 e. The number of nitrogens with one attached hydrogen (secondary N) is 2. The van der Waals surface area contributed by atoms with Crippen molar-refractivity contribution < 1.29 is 18.9 Å². The Morgan fingerprint density at radius 1 is 1.00 bits per heavy atom. The third-order valence-corrected chi connectivity index (χ3v) is 9.16. The van der Waals surface area contributed by atoms with E-state index in [1.165, 1.54) is 6.42 Å². The van der Waals surface area contributed by atoms with Gasteiger partial charge in [-0.2, -0.15) is 0 Å². The van der Waals surface area contributed by atoms with Crippen LogP contribution in [0.25, 0.3) is 11.1 Å². The van der Waals surface area contributed by atoms with Crippen LogP contribution in [0.1, 0.15) is 85.0 Å². The van der Waals surface area contributed by atoms with Gasteiger partial charge in [0.05, 0.1) is 24.7 Å². The SMILES string of the molecule is CC.CC.CC(C)CC(NC(=O)CNC(=O)c1ccc(-c2ccccc2P)cc1)B1O[C@@H]2CC3CC([C@@H]2O1)C3(C)C. The molecule has 3 saturated carbocycles. The molecule has 0 spiro atoms. The van der Waals surface area contributed by atoms with Crippen LogP contribution >= 0.6 is 9.24 Å². The molecule has 41 heavy (non-hydrogen) atoms. The molecule has 0 radical (unpaired) electrons. The van der Waals surface area contributed by atoms with Crippen molar-refractivity contribution in [3.8, 4) is 11.1 Å². The largest absolute Gasteiger partial charge is 0.481 e. The summed E-state index contributed by atoms with van der Waals surface area (Å²) in [6.07, 6.45) is 3.22. The van der Waals surface area contributed by atoms with Crippen LogP contribution in [0.15, 0.2) is 48.5 Å². The lowest BCUT2D eigenvalue weighted by molar-refractivity contribution is -0.150. The fourth-order valence-corrected chi connectivity index (χ4v) is 6.75. The summed E-state index contributed by atoms with van der Waals surface area (Å²) in [6.45, 7) is 16.8. The Labute approximate surface area is 250 Å². The van der Waals surface area contributed by atoms with E-state index in [1.807, 2.05) is 64.1 Å². The zero-order chi connectivity index (χ0) is 30.3. The normalized spacial score (nSPS) is 24.0. The molecule has 4 aliphatic rings. The molecule has 2 aromatic rings. The summed E-state index contributed by atoms with van der Waals surface area (Å²) in [7, 11) is 2.29. The lowest BCUT2D eigenvalue weighted by Gasteiger charge is -2.60. The first kappa shape index (κ1) is 33.3. The van der Waals surface area contributed by atoms with Crippen molar-refractivity contribution in [2.24, 2.45) is 23.2 Å². The van der Waals surface area contributed by atoms with Gasteiger partial charge in [0.25, 0.3) is 5.91 Å². The van der Waals surface area contributed by atoms with Crippen LogP contribution in [0.2, 0.25) is 0 Å². The topological polar surface area (TPSA) is 76.7 Å². The summed E-state index contributed by atoms with van der Waals surface area (Å²) in [5.74, 6) is 0.819. The van der Waals surface area contributed by atoms with Crippen molar-refractivity contribution in [1.29, 1.82) is 0 Å². The molecule has 1 saturated heterocycles. The van der Waals surface area contributed by atoms with E-state index in [0.29, 0.717) is 28.7 Å². The van der Waals surface area contributed by atoms with Crippen LogP contribution in [-0.2, 0) is 14.1 Å². The van der Waals surface area contributed by atoms with E-state index in [1.54, 1.807) is 12.1 Å². The first-order valence-corrected chi connectivity index (χ1v) is 16.0. The maximum absolute atomic E-state index is 12.9. The highest BCUT2D eigenvalue weighted by atomic mass is 31.0. The third-order valence-electron chi connectivity index (χ3n) is 8.65. The number of amides is 2. The average molecular weight is 581 g/mol. The minimum absolute atomic E-state index is 0.0963. The monoisotopic (exact) mass is 580 g/mol. The summed E-state index contributed by atoms with van der Waals surface area (Å²) in [5.41, 5.74) is 2.96. The van der Waals surface area contributed by atoms with E-state index >= 15 is 0 Å². The molecule has 6 atom stereocenters. The highest BCUT2D eigenvalue weighted by molar-refractivity contribution is 7.28. The first-order chi connectivity index (χ1) is 19.6. The molecule has 1 heterocycles. The van der Waals surface area contributed by atoms with Crippen molar-refractivity contribution in [2.45, 2.75) is 92.8 Å². The predicted octanol–water partition coefficient (Wildman–Crippen LogP) is 6.04. The Bertz CT molecular complexity index is 1160. The van der Waals surface area contributed by atoms with Crippen LogP contribution in [-0.4, -0.2) is 43.6 Å². The number of hydrogen-bond acceptors (Lipinski definition) is 4. The standard InChI is InChI=1S/C29H38BN2O4P.2C2H6/c1-17(2)13-25(30-35-23-15-20-14-22(27(23)36-30)29(20,3)4)32-26(33)16-31-28(34)19-11-9-18(10-12-19)21-7-5-6-8-24(21)37;2*1-2/h5-12,17,20,22-23,25,27H,13-16,37H2,1-4H3,(H,31,34)(H,32,33);2*1-2H3/t20?,22?,23-,25?,27+;;/m1../s1. The van der Waals surface area contributed by atoms with Gasteiger partial charge in [-0.25, -0.2) is 0 Å². The fourth-order valence-electron chi connectivity index (χ4n) is 6.38. The number of carbonyl (C=O) groups excluding carboxylic acids is 2. The van der Waals surface area contributed by atoms with Gasteiger partial charge in [-0.3, -0.25) is 9.59 Å². The number of hydrogen-bond donors (Lipinski definition) is 2. The van der Waals surface area contributed by atoms with Crippen molar-refractivity contribution in [3.63, 3.8) is 0 Å². The summed E-state index contributed by atoms with van der Waals surface area (Å²) in [5, 5.41) is 6.94. The molecule has 3 aliphatic carbocycles. The molecule has 6 nitrogen and oxygen atoms in total. The molecule has 2 aromatic carbocycles. The molecule has 2 amide bonds. The molecule has 4 unspecified atom stereocenters. The molecule has 224 valence electrons. The summed E-state index contributed by atoms with van der Waals surface area (Å²) in [4.78, 5) is 25.6. The first-order valence-electron chi connectivity index (χ1n) is 15.5. The van der Waals surface area contributed by atoms with E-state index < -0.39 is 7.12 Å². The molecular weight excluding hydrogens is 530 g/mol. The number of benzene rings is 2. The van der Waals surface area contributed by atoms with Crippen LogP contribution in [0.3, 0.4) is 0 Å². The van der Waals surface area contributed by atoms with E-state index in [2.05, 4.69) is 47.6 Å². The lowest BCUT2D eigenvalue weighted by atomic mass is 9.47. The van der Waals surface area contributed by atoms with Gasteiger partial charge in [0.15, 0.2) is 0 Å². The van der Waals surface area contributed by atoms with Crippen molar-refractivity contribution in [1.82, 2.24) is 10.6 Å². The van der Waals surface area contributed by atoms with Crippen molar-refractivity contribution >= 4 is 33.5 Å². The van der Waals surface area contributed by atoms with Gasteiger partial charge < -0.3 is 19.9 Å². The molecule has 4 fully saturated rings. The fraction of sp³-hybridized carbons (Fsp3) is 0.576. The van der Waals surface area contributed by atoms with Crippen LogP contribution in [0, 0.1) is 23.2 Å². The Hall–Kier alpha value is -2.21. The van der Waals surface area contributed by atoms with Crippen LogP contribution in [0.5, 0.6) is 0 Å². The van der Waals surface area contributed by atoms with Gasteiger partial charge in [-0.15, -0.1) is 9.24 Å². The third kappa shape index (κ3) is 7.61. The van der Waals surface area contributed by atoms with Crippen molar-refractivity contribution in [2.75, 3.05) is 6.54 Å². The second-order valence-electron chi connectivity index (χ2n) is 11.9. The van der Waals surface area contributed by atoms with Gasteiger partial charge in [0.2, 0.25) is 5.91 Å². The summed E-state index contributed by atoms with van der Waals surface area (Å²) < 4.78 is 12.8. The van der Waals surface area contributed by atoms with Crippen LogP contribution < -0.4 is 15.9 Å². The molecular formula is C33H50BN2O4P. The van der Waals surface area contributed by atoms with E-state index in [-0.39, 0.29) is 36.5 Å². The Kier molecular flexibility index (Phi) is 12.0. The Morgan fingerprint density at radius 3 is 2.27 bits per heavy atom. The van der Waals surface area contributed by atoms with E-state index in [9.17, 15) is 9.59 Å². The summed E-state index contributed by atoms with van der Waals surface area (Å²) in [6, 6.07) is 15.5. The predicted molar refractivity (Wildman–Crippen MR) is 173 cm³/mol. The van der Waals surface area contributed by atoms with E-state index in [0.717, 1.165) is 29.3 Å². The van der Waals surface area contributed by atoms with Crippen molar-refractivity contribution in [3.05, 3.63) is 54.1 Å². The Morgan fingerprint density at radius 2 is 1.66 bits per heavy atom. The maximum Gasteiger partial charge on any atom is 0.481 e. The minimum atomic E-state index is -0.445. The molecule has 1 aliphatic heterocycles. The van der Waals surface area contributed by atoms with Gasteiger partial charge >= 0.3 is 7.12 Å². The lowest BCUT2D eigenvalue weighted by Crippen LogP contribution is -2.59. The maximum atomic E-state index is 12.9. The van der Waals surface area contributed by atoms with Gasteiger partial charge in [0.1, 0.15) is 0 Å². The smallest absolute Gasteiger partial charge is 0.404 e. The van der Waals surface area contributed by atoms with Gasteiger partial charge in [-0.05, 0) is 71.0 Å². The highest BCUT2D eigenvalue weighted by Gasteiger charge is 2.62. The highest BCUT2D eigenvalue weighted by Crippen LogP contribution is 2.61. The quantitative estimate of drug-likeness (QED) is 0.295.